The average Bonchev–Trinajstić information content (AvgIpc) is 3.27. The third-order valence-electron chi connectivity index (χ3n) is 6.31. The van der Waals surface area contributed by atoms with Crippen molar-refractivity contribution in [3.05, 3.63) is 107 Å². The number of pyridine rings is 1. The van der Waals surface area contributed by atoms with Crippen LogP contribution >= 0.6 is 0 Å². The number of aliphatic carboxylic acids is 1. The van der Waals surface area contributed by atoms with Gasteiger partial charge >= 0.3 is 5.97 Å². The first-order valence-electron chi connectivity index (χ1n) is 10.6. The molecule has 1 aliphatic rings. The molecular formula is C27H23NO4. The number of para-hydroxylation sites is 1. The van der Waals surface area contributed by atoms with E-state index in [9.17, 15) is 15.0 Å². The van der Waals surface area contributed by atoms with Gasteiger partial charge in [-0.25, -0.2) is 9.78 Å². The number of ether oxygens (including phenoxy) is 1. The molecule has 1 atom stereocenters. The number of carbonyl (C=O) groups is 1. The lowest BCUT2D eigenvalue weighted by Crippen LogP contribution is -2.43. The smallest absolute Gasteiger partial charge is 0.340 e. The fraction of sp³-hybridized carbons (Fsp3) is 0.185. The molecule has 0 fully saturated rings. The van der Waals surface area contributed by atoms with Crippen LogP contribution in [0.25, 0.3) is 10.9 Å². The highest BCUT2D eigenvalue weighted by Gasteiger charge is 2.47. The summed E-state index contributed by atoms with van der Waals surface area (Å²) in [5.41, 5.74) is 2.31. The van der Waals surface area contributed by atoms with Gasteiger partial charge < -0.3 is 14.9 Å². The Morgan fingerprint density at radius 2 is 1.56 bits per heavy atom. The van der Waals surface area contributed by atoms with Gasteiger partial charge in [0, 0.05) is 11.3 Å². The highest BCUT2D eigenvalue weighted by molar-refractivity contribution is 5.80. The Morgan fingerprint density at radius 1 is 0.906 bits per heavy atom. The van der Waals surface area contributed by atoms with E-state index in [1.165, 1.54) is 0 Å². The molecule has 1 heterocycles. The van der Waals surface area contributed by atoms with Crippen LogP contribution in [0, 0.1) is 5.92 Å². The van der Waals surface area contributed by atoms with Crippen LogP contribution < -0.4 is 4.74 Å². The van der Waals surface area contributed by atoms with Crippen molar-refractivity contribution in [2.45, 2.75) is 25.0 Å². The van der Waals surface area contributed by atoms with Gasteiger partial charge in [-0.05, 0) is 53.8 Å². The Bertz CT molecular complexity index is 1260. The molecule has 5 rings (SSSR count). The number of aliphatic hydroxyl groups is 1. The maximum atomic E-state index is 12.2. The lowest BCUT2D eigenvalue weighted by atomic mass is 9.79. The van der Waals surface area contributed by atoms with E-state index in [0.717, 1.165) is 27.7 Å². The molecule has 1 aliphatic carbocycles. The highest BCUT2D eigenvalue weighted by Crippen LogP contribution is 2.40. The van der Waals surface area contributed by atoms with Crippen LogP contribution in [-0.2, 0) is 29.8 Å². The second kappa shape index (κ2) is 8.09. The quantitative estimate of drug-likeness (QED) is 0.475. The van der Waals surface area contributed by atoms with Crippen molar-refractivity contribution in [1.82, 2.24) is 4.98 Å². The largest absolute Gasteiger partial charge is 0.487 e. The summed E-state index contributed by atoms with van der Waals surface area (Å²) in [6.45, 7) is 0.297. The molecule has 0 spiro atoms. The van der Waals surface area contributed by atoms with Crippen molar-refractivity contribution in [2.75, 3.05) is 0 Å². The van der Waals surface area contributed by atoms with E-state index in [1.54, 1.807) is 24.3 Å². The molecule has 0 aliphatic heterocycles. The van der Waals surface area contributed by atoms with E-state index in [-0.39, 0.29) is 0 Å². The summed E-state index contributed by atoms with van der Waals surface area (Å²) in [7, 11) is 0. The first kappa shape index (κ1) is 20.2. The number of carboxylic acids is 1. The molecule has 0 radical (unpaired) electrons. The first-order chi connectivity index (χ1) is 15.5. The predicted octanol–water partition coefficient (Wildman–Crippen LogP) is 4.50. The van der Waals surface area contributed by atoms with Gasteiger partial charge in [-0.1, -0.05) is 60.7 Å². The van der Waals surface area contributed by atoms with E-state index in [0.29, 0.717) is 30.8 Å². The van der Waals surface area contributed by atoms with Crippen molar-refractivity contribution in [2.24, 2.45) is 5.92 Å². The lowest BCUT2D eigenvalue weighted by Gasteiger charge is -2.30. The van der Waals surface area contributed by atoms with E-state index in [2.05, 4.69) is 4.98 Å². The number of hydrogen-bond acceptors (Lipinski definition) is 4. The van der Waals surface area contributed by atoms with Crippen molar-refractivity contribution >= 4 is 16.9 Å². The maximum absolute atomic E-state index is 12.2. The van der Waals surface area contributed by atoms with Crippen LogP contribution in [-0.4, -0.2) is 21.2 Å². The third kappa shape index (κ3) is 3.61. The standard InChI is InChI=1S/C27H23NO4/c29-26(30)27(31,22-15-19-6-1-2-7-20(19)16-22)21-10-13-24(14-11-21)32-17-23-12-9-18-5-3-4-8-25(18)28-23/h1-14,22,31H,15-17H2,(H,29,30). The minimum Gasteiger partial charge on any atom is -0.487 e. The molecule has 0 saturated carbocycles. The number of fused-ring (bicyclic) bond motifs is 2. The molecule has 0 bridgehead atoms. The summed E-state index contributed by atoms with van der Waals surface area (Å²) in [5, 5.41) is 22.3. The summed E-state index contributed by atoms with van der Waals surface area (Å²) in [6, 6.07) is 26.4. The summed E-state index contributed by atoms with van der Waals surface area (Å²) < 4.78 is 5.85. The van der Waals surface area contributed by atoms with E-state index < -0.39 is 17.5 Å². The minimum atomic E-state index is -1.96. The lowest BCUT2D eigenvalue weighted by molar-refractivity contribution is -0.166. The summed E-state index contributed by atoms with van der Waals surface area (Å²) in [6.07, 6.45) is 1.07. The van der Waals surface area contributed by atoms with Gasteiger partial charge in [0.1, 0.15) is 12.4 Å². The van der Waals surface area contributed by atoms with Gasteiger partial charge in [0.2, 0.25) is 0 Å². The predicted molar refractivity (Wildman–Crippen MR) is 121 cm³/mol. The zero-order valence-corrected chi connectivity index (χ0v) is 17.4. The molecule has 0 saturated heterocycles. The van der Waals surface area contributed by atoms with Crippen molar-refractivity contribution in [3.8, 4) is 5.75 Å². The number of aromatic nitrogens is 1. The Morgan fingerprint density at radius 3 is 2.25 bits per heavy atom. The summed E-state index contributed by atoms with van der Waals surface area (Å²) >= 11 is 0. The molecule has 1 unspecified atom stereocenters. The summed E-state index contributed by atoms with van der Waals surface area (Å²) in [5.74, 6) is -1.07. The Labute approximate surface area is 185 Å². The molecule has 0 amide bonds. The number of hydrogen-bond donors (Lipinski definition) is 2. The zero-order chi connectivity index (χ0) is 22.1. The molecule has 1 aromatic heterocycles. The van der Waals surface area contributed by atoms with Crippen LogP contribution in [0.2, 0.25) is 0 Å². The summed E-state index contributed by atoms with van der Waals surface area (Å²) in [4.78, 5) is 16.8. The van der Waals surface area contributed by atoms with E-state index in [4.69, 9.17) is 4.74 Å². The molecule has 3 aromatic carbocycles. The SMILES string of the molecule is O=C(O)C(O)(c1ccc(OCc2ccc3ccccc3n2)cc1)C1Cc2ccccc2C1. The van der Waals surface area contributed by atoms with Gasteiger partial charge in [-0.2, -0.15) is 0 Å². The molecular weight excluding hydrogens is 402 g/mol. The van der Waals surface area contributed by atoms with Crippen molar-refractivity contribution in [1.29, 1.82) is 0 Å². The zero-order valence-electron chi connectivity index (χ0n) is 17.4. The van der Waals surface area contributed by atoms with Gasteiger partial charge in [-0.3, -0.25) is 0 Å². The second-order valence-corrected chi connectivity index (χ2v) is 8.25. The van der Waals surface area contributed by atoms with E-state index >= 15 is 0 Å². The number of benzene rings is 3. The van der Waals surface area contributed by atoms with Crippen LogP contribution in [0.5, 0.6) is 5.75 Å². The van der Waals surface area contributed by atoms with Gasteiger partial charge in [0.25, 0.3) is 0 Å². The topological polar surface area (TPSA) is 79.7 Å². The Balaban J connectivity index is 1.32. The fourth-order valence-electron chi connectivity index (χ4n) is 4.54. The van der Waals surface area contributed by atoms with Gasteiger partial charge in [-0.15, -0.1) is 0 Å². The van der Waals surface area contributed by atoms with Crippen LogP contribution in [0.3, 0.4) is 0 Å². The van der Waals surface area contributed by atoms with Crippen LogP contribution in [0.4, 0.5) is 0 Å². The maximum Gasteiger partial charge on any atom is 0.340 e. The molecule has 32 heavy (non-hydrogen) atoms. The number of nitrogens with zero attached hydrogens (tertiary/aromatic N) is 1. The van der Waals surface area contributed by atoms with Gasteiger partial charge in [0.15, 0.2) is 5.60 Å². The number of rotatable bonds is 6. The van der Waals surface area contributed by atoms with Crippen LogP contribution in [0.15, 0.2) is 84.9 Å². The van der Waals surface area contributed by atoms with E-state index in [1.807, 2.05) is 60.7 Å². The average molecular weight is 425 g/mol. The van der Waals surface area contributed by atoms with Gasteiger partial charge in [0.05, 0.1) is 11.2 Å². The minimum absolute atomic E-state index is 0.297. The molecule has 5 nitrogen and oxygen atoms in total. The highest BCUT2D eigenvalue weighted by atomic mass is 16.5. The number of carboxylic acid groups (broad SMARTS) is 1. The molecule has 160 valence electrons. The fourth-order valence-corrected chi connectivity index (χ4v) is 4.54. The van der Waals surface area contributed by atoms with Crippen molar-refractivity contribution < 1.29 is 19.7 Å². The van der Waals surface area contributed by atoms with Crippen molar-refractivity contribution in [3.63, 3.8) is 0 Å². The Kier molecular flexibility index (Phi) is 5.11. The molecule has 5 heteroatoms. The normalized spacial score (nSPS) is 15.3. The second-order valence-electron chi connectivity index (χ2n) is 8.25. The monoisotopic (exact) mass is 425 g/mol. The van der Waals surface area contributed by atoms with Crippen LogP contribution in [0.1, 0.15) is 22.4 Å². The Hall–Kier alpha value is -3.70. The molecule has 4 aromatic rings. The third-order valence-corrected chi connectivity index (χ3v) is 6.31. The first-order valence-corrected chi connectivity index (χ1v) is 10.6. The molecule has 2 N–H and O–H groups in total.